The van der Waals surface area contributed by atoms with Crippen molar-refractivity contribution in [2.24, 2.45) is 0 Å². The van der Waals surface area contributed by atoms with Crippen LogP contribution in [-0.2, 0) is 5.75 Å². The Morgan fingerprint density at radius 1 is 1.38 bits per heavy atom. The molecule has 114 valence electrons. The van der Waals surface area contributed by atoms with Gasteiger partial charge in [0.15, 0.2) is 5.16 Å². The second-order valence-electron chi connectivity index (χ2n) is 3.81. The third kappa shape index (κ3) is 4.26. The fourth-order valence-electron chi connectivity index (χ4n) is 1.63. The minimum absolute atomic E-state index is 0. The number of fused-ring (bicyclic) bond motifs is 1. The molecule has 0 atom stereocenters. The molecule has 0 amide bonds. The lowest BCUT2D eigenvalue weighted by Crippen LogP contribution is -1.91. The normalized spacial score (nSPS) is 10.0. The summed E-state index contributed by atoms with van der Waals surface area (Å²) in [7, 11) is 1.65. The fourth-order valence-corrected chi connectivity index (χ4v) is 3.49. The maximum Gasteiger partial charge on any atom is 0.166 e. The molecule has 0 aromatic carbocycles. The number of aromatic nitrogens is 3. The van der Waals surface area contributed by atoms with E-state index in [0.717, 1.165) is 37.9 Å². The summed E-state index contributed by atoms with van der Waals surface area (Å²) in [5.41, 5.74) is 3.08. The molecule has 0 unspecified atom stereocenters. The van der Waals surface area contributed by atoms with E-state index >= 15 is 0 Å². The summed E-state index contributed by atoms with van der Waals surface area (Å²) in [6, 6.07) is 1.93. The van der Waals surface area contributed by atoms with Crippen LogP contribution >= 0.6 is 63.8 Å². The first kappa shape index (κ1) is 18.6. The molecule has 0 aliphatic rings. The van der Waals surface area contributed by atoms with Crippen LogP contribution in [0.25, 0.3) is 11.0 Å². The molecule has 3 rings (SSSR count). The molecule has 0 aliphatic carbocycles. The zero-order chi connectivity index (χ0) is 13.2. The average molecular weight is 429 g/mol. The van der Waals surface area contributed by atoms with Gasteiger partial charge in [-0.1, -0.05) is 11.8 Å². The quantitative estimate of drug-likeness (QED) is 0.598. The predicted molar refractivity (Wildman–Crippen MR) is 96.5 cm³/mol. The molecule has 0 radical (unpaired) electrons. The average Bonchev–Trinajstić information content (AvgIpc) is 2.98. The molecule has 0 spiro atoms. The maximum atomic E-state index is 5.26. The second kappa shape index (κ2) is 8.24. The predicted octanol–water partition coefficient (Wildman–Crippen LogP) is 4.93. The number of thioether (sulfide) groups is 1. The molecule has 0 bridgehead atoms. The van der Waals surface area contributed by atoms with E-state index in [2.05, 4.69) is 36.3 Å². The molecule has 3 aromatic rings. The van der Waals surface area contributed by atoms with Gasteiger partial charge >= 0.3 is 0 Å². The highest BCUT2D eigenvalue weighted by Crippen LogP contribution is 2.28. The standard InChI is InChI=1S/C12H10BrN3OS2.2ClH/c1-17-11-2-7(14-3-8(11)13)4-19-12-15-9-5-18-6-10(9)16-12;;/h2-3,5-6H,4H2,1H3,(H,15,16);2*1H. The summed E-state index contributed by atoms with van der Waals surface area (Å²) >= 11 is 6.68. The third-order valence-corrected chi connectivity index (χ3v) is 4.79. The lowest BCUT2D eigenvalue weighted by molar-refractivity contribution is 0.411. The summed E-state index contributed by atoms with van der Waals surface area (Å²) < 4.78 is 6.12. The highest BCUT2D eigenvalue weighted by atomic mass is 79.9. The van der Waals surface area contributed by atoms with Crippen LogP contribution in [0.1, 0.15) is 5.69 Å². The first-order valence-corrected chi connectivity index (χ1v) is 8.21. The summed E-state index contributed by atoms with van der Waals surface area (Å²) in [5.74, 6) is 1.55. The number of thiophene rings is 1. The molecule has 0 saturated heterocycles. The first-order chi connectivity index (χ1) is 9.26. The van der Waals surface area contributed by atoms with Crippen molar-refractivity contribution < 1.29 is 4.74 Å². The highest BCUT2D eigenvalue weighted by Gasteiger charge is 2.07. The van der Waals surface area contributed by atoms with Gasteiger partial charge in [0.05, 0.1) is 22.8 Å². The van der Waals surface area contributed by atoms with Gasteiger partial charge < -0.3 is 9.72 Å². The fraction of sp³-hybridized carbons (Fsp3) is 0.167. The number of aromatic amines is 1. The number of H-pyrrole nitrogens is 1. The topological polar surface area (TPSA) is 50.8 Å². The summed E-state index contributed by atoms with van der Waals surface area (Å²) in [5, 5.41) is 5.02. The van der Waals surface area contributed by atoms with Gasteiger partial charge in [0.25, 0.3) is 0 Å². The molecule has 0 aliphatic heterocycles. The van der Waals surface area contributed by atoms with Crippen molar-refractivity contribution in [1.29, 1.82) is 0 Å². The van der Waals surface area contributed by atoms with Gasteiger partial charge in [0.1, 0.15) is 11.3 Å². The van der Waals surface area contributed by atoms with Gasteiger partial charge in [-0.3, -0.25) is 4.98 Å². The Morgan fingerprint density at radius 3 is 2.90 bits per heavy atom. The van der Waals surface area contributed by atoms with Crippen molar-refractivity contribution >= 4 is 74.9 Å². The lowest BCUT2D eigenvalue weighted by atomic mass is 10.3. The van der Waals surface area contributed by atoms with E-state index in [1.807, 2.05) is 11.4 Å². The van der Waals surface area contributed by atoms with E-state index < -0.39 is 0 Å². The van der Waals surface area contributed by atoms with E-state index in [-0.39, 0.29) is 24.8 Å². The number of nitrogens with one attached hydrogen (secondary N) is 1. The van der Waals surface area contributed by atoms with Crippen molar-refractivity contribution in [3.8, 4) is 5.75 Å². The largest absolute Gasteiger partial charge is 0.495 e. The Labute approximate surface area is 151 Å². The Balaban J connectivity index is 0.00000110. The van der Waals surface area contributed by atoms with Crippen molar-refractivity contribution in [3.63, 3.8) is 0 Å². The monoisotopic (exact) mass is 427 g/mol. The van der Waals surface area contributed by atoms with Crippen LogP contribution < -0.4 is 4.74 Å². The number of halogens is 3. The number of hydrogen-bond donors (Lipinski definition) is 1. The minimum atomic E-state index is 0. The van der Waals surface area contributed by atoms with Gasteiger partial charge in [0.2, 0.25) is 0 Å². The van der Waals surface area contributed by atoms with Gasteiger partial charge in [-0.25, -0.2) is 4.98 Å². The number of ether oxygens (including phenoxy) is 1. The molecular formula is C12H12BrCl2N3OS2. The zero-order valence-corrected chi connectivity index (χ0v) is 15.7. The molecule has 4 nitrogen and oxygen atoms in total. The number of pyridine rings is 1. The highest BCUT2D eigenvalue weighted by molar-refractivity contribution is 9.10. The third-order valence-electron chi connectivity index (χ3n) is 2.56. The van der Waals surface area contributed by atoms with Crippen LogP contribution in [0.3, 0.4) is 0 Å². The van der Waals surface area contributed by atoms with Gasteiger partial charge in [-0.05, 0) is 15.9 Å². The Kier molecular flexibility index (Phi) is 7.29. The van der Waals surface area contributed by atoms with Gasteiger partial charge in [0, 0.05) is 28.8 Å². The summed E-state index contributed by atoms with van der Waals surface area (Å²) in [6.07, 6.45) is 1.76. The van der Waals surface area contributed by atoms with E-state index in [4.69, 9.17) is 4.74 Å². The van der Waals surface area contributed by atoms with Crippen LogP contribution in [0, 0.1) is 0 Å². The van der Waals surface area contributed by atoms with E-state index in [1.54, 1.807) is 36.4 Å². The van der Waals surface area contributed by atoms with E-state index in [1.165, 1.54) is 0 Å². The Bertz CT molecular complexity index is 691. The number of rotatable bonds is 4. The Hall–Kier alpha value is -0.470. The van der Waals surface area contributed by atoms with Crippen LogP contribution in [0.4, 0.5) is 0 Å². The Morgan fingerprint density at radius 2 is 2.19 bits per heavy atom. The number of nitrogens with zero attached hydrogens (tertiary/aromatic N) is 2. The molecule has 9 heteroatoms. The molecule has 1 N–H and O–H groups in total. The van der Waals surface area contributed by atoms with Crippen molar-refractivity contribution in [2.45, 2.75) is 10.9 Å². The molecule has 3 heterocycles. The molecule has 3 aromatic heterocycles. The number of hydrogen-bond acceptors (Lipinski definition) is 5. The number of imidazole rings is 1. The van der Waals surface area contributed by atoms with E-state index in [0.29, 0.717) is 0 Å². The van der Waals surface area contributed by atoms with E-state index in [9.17, 15) is 0 Å². The molecule has 0 fully saturated rings. The lowest BCUT2D eigenvalue weighted by Gasteiger charge is -2.04. The maximum absolute atomic E-state index is 5.26. The van der Waals surface area contributed by atoms with Crippen molar-refractivity contribution in [3.05, 3.63) is 33.2 Å². The van der Waals surface area contributed by atoms with Crippen LogP contribution in [0.15, 0.2) is 32.7 Å². The molecule has 21 heavy (non-hydrogen) atoms. The van der Waals surface area contributed by atoms with Gasteiger partial charge in [-0.2, -0.15) is 0 Å². The van der Waals surface area contributed by atoms with Crippen LogP contribution in [0.2, 0.25) is 0 Å². The van der Waals surface area contributed by atoms with Crippen molar-refractivity contribution in [1.82, 2.24) is 15.0 Å². The smallest absolute Gasteiger partial charge is 0.166 e. The summed E-state index contributed by atoms with van der Waals surface area (Å²) in [6.45, 7) is 0. The number of methoxy groups -OCH3 is 1. The van der Waals surface area contributed by atoms with Crippen molar-refractivity contribution in [2.75, 3.05) is 7.11 Å². The first-order valence-electron chi connectivity index (χ1n) is 5.49. The van der Waals surface area contributed by atoms with Gasteiger partial charge in [-0.15, -0.1) is 36.2 Å². The second-order valence-corrected chi connectivity index (χ2v) is 6.37. The molecule has 0 saturated carbocycles. The zero-order valence-electron chi connectivity index (χ0n) is 10.8. The van der Waals surface area contributed by atoms with Crippen LogP contribution in [-0.4, -0.2) is 22.1 Å². The SMILES string of the molecule is COc1cc(CSc2nc3cscc3[nH]2)ncc1Br.Cl.Cl. The molecular weight excluding hydrogens is 417 g/mol. The summed E-state index contributed by atoms with van der Waals surface area (Å²) in [4.78, 5) is 12.1. The van der Waals surface area contributed by atoms with Crippen LogP contribution in [0.5, 0.6) is 5.75 Å². The minimum Gasteiger partial charge on any atom is -0.495 e.